The van der Waals surface area contributed by atoms with Crippen molar-refractivity contribution in [3.05, 3.63) is 90.5 Å². The monoisotopic (exact) mass is 721 g/mol. The van der Waals surface area contributed by atoms with E-state index in [-0.39, 0.29) is 50.4 Å². The zero-order valence-electron chi connectivity index (χ0n) is 29.1. The lowest BCUT2D eigenvalue weighted by Crippen LogP contribution is -2.56. The van der Waals surface area contributed by atoms with E-state index >= 15 is 0 Å². The highest BCUT2D eigenvalue weighted by Gasteiger charge is 2.75. The molecule has 7 atom stereocenters. The van der Waals surface area contributed by atoms with Crippen molar-refractivity contribution in [2.24, 2.45) is 11.8 Å². The van der Waals surface area contributed by atoms with Crippen LogP contribution in [0.15, 0.2) is 79.9 Å². The van der Waals surface area contributed by atoms with Crippen LogP contribution in [0.1, 0.15) is 56.6 Å². The molecule has 3 fully saturated rings. The molecule has 2 aromatic rings. The van der Waals surface area contributed by atoms with Crippen molar-refractivity contribution in [2.75, 3.05) is 38.3 Å². The highest BCUT2D eigenvalue weighted by Crippen LogP contribution is 2.59. The highest BCUT2D eigenvalue weighted by molar-refractivity contribution is 6.34. The summed E-state index contributed by atoms with van der Waals surface area (Å²) in [6.07, 6.45) is 4.96. The fourth-order valence-corrected chi connectivity index (χ4v) is 8.13. The number of fused-ring (bicyclic) bond motifs is 1. The topological polar surface area (TPSA) is 135 Å². The van der Waals surface area contributed by atoms with Gasteiger partial charge in [-0.15, -0.1) is 13.2 Å². The van der Waals surface area contributed by atoms with Crippen molar-refractivity contribution in [3.63, 3.8) is 0 Å². The second kappa shape index (κ2) is 17.5. The lowest BCUT2D eigenvalue weighted by atomic mass is 9.70. The molecule has 5 rings (SSSR count). The Hall–Kier alpha value is -4.03. The summed E-state index contributed by atoms with van der Waals surface area (Å²) in [5.74, 6) is -3.56. The van der Waals surface area contributed by atoms with Gasteiger partial charge in [0.15, 0.2) is 0 Å². The number of halogens is 1. The first-order valence-corrected chi connectivity index (χ1v) is 18.0. The summed E-state index contributed by atoms with van der Waals surface area (Å²) < 4.78 is 18.4. The zero-order chi connectivity index (χ0) is 36.5. The number of carbonyl (C=O) groups excluding carboxylic acids is 4. The van der Waals surface area contributed by atoms with Crippen LogP contribution >= 0.6 is 11.6 Å². The lowest BCUT2D eigenvalue weighted by molar-refractivity contribution is -0.163. The molecular formula is C39H48ClN3O8. The van der Waals surface area contributed by atoms with E-state index in [2.05, 4.69) is 18.5 Å². The Labute approximate surface area is 304 Å². The van der Waals surface area contributed by atoms with E-state index in [4.69, 9.17) is 25.8 Å². The number of benzene rings is 2. The van der Waals surface area contributed by atoms with E-state index in [0.717, 1.165) is 0 Å². The Morgan fingerprint density at radius 3 is 2.55 bits per heavy atom. The second-order valence-electron chi connectivity index (χ2n) is 13.3. The number of aliphatic hydroxyl groups excluding tert-OH is 1. The third-order valence-corrected chi connectivity index (χ3v) is 10.4. The predicted octanol–water partition coefficient (Wildman–Crippen LogP) is 4.78. The minimum Gasteiger partial charge on any atom is -0.455 e. The number of unbranched alkanes of at least 4 members (excludes halogenated alkanes) is 2. The number of allylic oxidation sites excluding steroid dienone is 1. The molecule has 0 aliphatic carbocycles. The fourth-order valence-electron chi connectivity index (χ4n) is 7.89. The number of anilines is 1. The molecule has 2 aromatic carbocycles. The standard InChI is InChI=1S/C39H48ClN3O8/c1-4-6-19-31(45)41-28(25-49-3)34(26-15-9-7-10-16-26)50-38(48)32-30-20-21-39(51-30)33(32)36(46)43(23-13-8-14-24-44)35(39)37(47)42(22-5-2)29-18-12-11-17-27(29)40/h4-5,7,9-12,15-18,28,30,32-35,44H,1-2,6,8,13-14,19-25H2,3H3,(H,41,45)/t28-,30+,32-,33-,34-,35+,39-/m0/s1. The maximum atomic E-state index is 14.8. The Balaban J connectivity index is 1.49. The molecule has 0 saturated carbocycles. The number of likely N-dealkylation sites (tertiary alicyclic amines) is 1. The van der Waals surface area contributed by atoms with Crippen LogP contribution < -0.4 is 10.2 Å². The Bertz CT molecular complexity index is 1570. The number of aliphatic hydroxyl groups is 1. The Morgan fingerprint density at radius 1 is 1.12 bits per heavy atom. The van der Waals surface area contributed by atoms with Crippen LogP contribution in [0.2, 0.25) is 5.02 Å². The quantitative estimate of drug-likeness (QED) is 0.120. The molecule has 3 saturated heterocycles. The van der Waals surface area contributed by atoms with Crippen LogP contribution in [-0.2, 0) is 33.4 Å². The first kappa shape index (κ1) is 38.2. The molecule has 3 amide bonds. The highest BCUT2D eigenvalue weighted by atomic mass is 35.5. The molecule has 2 N–H and O–H groups in total. The molecule has 51 heavy (non-hydrogen) atoms. The third kappa shape index (κ3) is 7.91. The number of hydrogen-bond acceptors (Lipinski definition) is 8. The Kier molecular flexibility index (Phi) is 13.1. The van der Waals surface area contributed by atoms with Gasteiger partial charge in [-0.05, 0) is 56.2 Å². The number of para-hydroxylation sites is 1. The van der Waals surface area contributed by atoms with E-state index in [1.54, 1.807) is 41.3 Å². The lowest BCUT2D eigenvalue weighted by Gasteiger charge is -2.37. The number of methoxy groups -OCH3 is 1. The van der Waals surface area contributed by atoms with E-state index in [1.165, 1.54) is 12.0 Å². The third-order valence-electron chi connectivity index (χ3n) is 10.1. The second-order valence-corrected chi connectivity index (χ2v) is 13.7. The van der Waals surface area contributed by atoms with Crippen LogP contribution in [0.5, 0.6) is 0 Å². The van der Waals surface area contributed by atoms with Crippen molar-refractivity contribution in [3.8, 4) is 0 Å². The molecule has 0 aromatic heterocycles. The van der Waals surface area contributed by atoms with Crippen LogP contribution in [-0.4, -0.2) is 90.9 Å². The van der Waals surface area contributed by atoms with Gasteiger partial charge in [-0.3, -0.25) is 19.2 Å². The number of hydrogen-bond donors (Lipinski definition) is 2. The molecule has 1 spiro atoms. The normalized spacial score (nSPS) is 24.5. The van der Waals surface area contributed by atoms with Crippen molar-refractivity contribution < 1.29 is 38.5 Å². The fraction of sp³-hybridized carbons (Fsp3) is 0.487. The van der Waals surface area contributed by atoms with Crippen molar-refractivity contribution >= 4 is 41.0 Å². The first-order valence-electron chi connectivity index (χ1n) is 17.6. The predicted molar refractivity (Wildman–Crippen MR) is 193 cm³/mol. The molecule has 12 heteroatoms. The molecule has 0 unspecified atom stereocenters. The molecule has 274 valence electrons. The number of rotatable bonds is 19. The van der Waals surface area contributed by atoms with E-state index in [9.17, 15) is 24.3 Å². The number of nitrogens with one attached hydrogen (secondary N) is 1. The van der Waals surface area contributed by atoms with Gasteiger partial charge >= 0.3 is 5.97 Å². The Morgan fingerprint density at radius 2 is 1.86 bits per heavy atom. The van der Waals surface area contributed by atoms with Gasteiger partial charge in [0.1, 0.15) is 17.7 Å². The largest absolute Gasteiger partial charge is 0.455 e. The van der Waals surface area contributed by atoms with E-state index in [0.29, 0.717) is 54.8 Å². The van der Waals surface area contributed by atoms with Gasteiger partial charge in [-0.1, -0.05) is 66.2 Å². The van der Waals surface area contributed by atoms with Crippen molar-refractivity contribution in [1.29, 1.82) is 0 Å². The SMILES string of the molecule is C=CCCC(=O)N[C@@H](COC)[C@@H](OC(=O)[C@@H]1[C@H]2C(=O)N(CCCCCO)[C@H](C(=O)N(CC=C)c3ccccc3Cl)[C@]23CC[C@H]1O3)c1ccccc1. The molecule has 0 radical (unpaired) electrons. The summed E-state index contributed by atoms with van der Waals surface area (Å²) >= 11 is 6.58. The average molecular weight is 722 g/mol. The molecule has 3 heterocycles. The molecular weight excluding hydrogens is 674 g/mol. The summed E-state index contributed by atoms with van der Waals surface area (Å²) in [6, 6.07) is 14.3. The summed E-state index contributed by atoms with van der Waals surface area (Å²) in [7, 11) is 1.50. The minimum atomic E-state index is -1.27. The van der Waals surface area contributed by atoms with Crippen LogP contribution in [0, 0.1) is 11.8 Å². The van der Waals surface area contributed by atoms with Crippen molar-refractivity contribution in [1.82, 2.24) is 10.2 Å². The van der Waals surface area contributed by atoms with E-state index in [1.807, 2.05) is 30.3 Å². The first-order chi connectivity index (χ1) is 24.7. The molecule has 2 bridgehead atoms. The maximum absolute atomic E-state index is 14.8. The van der Waals surface area contributed by atoms with Crippen LogP contribution in [0.25, 0.3) is 0 Å². The molecule has 11 nitrogen and oxygen atoms in total. The van der Waals surface area contributed by atoms with Gasteiger partial charge in [-0.2, -0.15) is 0 Å². The number of amides is 3. The summed E-state index contributed by atoms with van der Waals surface area (Å²) in [6.45, 7) is 8.00. The molecule has 3 aliphatic rings. The number of nitrogens with zero attached hydrogens (tertiary/aromatic N) is 2. The van der Waals surface area contributed by atoms with Crippen LogP contribution in [0.4, 0.5) is 5.69 Å². The van der Waals surface area contributed by atoms with Gasteiger partial charge < -0.3 is 34.4 Å². The number of ether oxygens (including phenoxy) is 3. The molecule has 3 aliphatic heterocycles. The maximum Gasteiger partial charge on any atom is 0.313 e. The minimum absolute atomic E-state index is 0.0164. The van der Waals surface area contributed by atoms with Gasteiger partial charge in [0.05, 0.1) is 41.3 Å². The number of esters is 1. The van der Waals surface area contributed by atoms with Gasteiger partial charge in [0.25, 0.3) is 5.91 Å². The van der Waals surface area contributed by atoms with Gasteiger partial charge in [-0.25, -0.2) is 0 Å². The van der Waals surface area contributed by atoms with E-state index < -0.39 is 47.7 Å². The van der Waals surface area contributed by atoms with Gasteiger partial charge in [0.2, 0.25) is 11.8 Å². The number of carbonyl (C=O) groups is 4. The summed E-state index contributed by atoms with van der Waals surface area (Å²) in [5, 5.41) is 12.7. The van der Waals surface area contributed by atoms with Gasteiger partial charge in [0, 0.05) is 33.2 Å². The summed E-state index contributed by atoms with van der Waals surface area (Å²) in [5.41, 5.74) is -0.148. The average Bonchev–Trinajstić information content (AvgIpc) is 3.78. The van der Waals surface area contributed by atoms with Crippen LogP contribution in [0.3, 0.4) is 0 Å². The smallest absolute Gasteiger partial charge is 0.313 e. The summed E-state index contributed by atoms with van der Waals surface area (Å²) in [4.78, 5) is 59.7. The zero-order valence-corrected chi connectivity index (χ0v) is 29.8. The van der Waals surface area contributed by atoms with Crippen molar-refractivity contribution in [2.45, 2.75) is 74.8 Å².